The fourth-order valence-corrected chi connectivity index (χ4v) is 4.38. The standard InChI is InChI=1S/C23H24ClF3N2O3/c24-18-4-6-19(7-5-18)29-15-20(32-21(29)30)8-11-28-12-9-22(31,10-13-28)16-2-1-3-17(14-16)23(25,26)27/h1-7,14,20,31H,8-13,15H2. The second-order valence-corrected chi connectivity index (χ2v) is 8.77. The molecule has 1 N–H and O–H groups in total. The normalized spacial score (nSPS) is 21.6. The molecule has 2 aliphatic heterocycles. The molecular formula is C23H24ClF3N2O3. The van der Waals surface area contributed by atoms with Crippen molar-refractivity contribution in [2.45, 2.75) is 37.1 Å². The SMILES string of the molecule is O=C1OC(CCN2CCC(O)(c3cccc(C(F)(F)F)c3)CC2)CN1c1ccc(Cl)cc1. The van der Waals surface area contributed by atoms with Crippen molar-refractivity contribution >= 4 is 23.4 Å². The van der Waals surface area contributed by atoms with E-state index in [4.69, 9.17) is 16.3 Å². The van der Waals surface area contributed by atoms with Crippen LogP contribution in [-0.2, 0) is 16.5 Å². The van der Waals surface area contributed by atoms with Gasteiger partial charge in [-0.25, -0.2) is 4.79 Å². The lowest BCUT2D eigenvalue weighted by Crippen LogP contribution is -2.43. The molecule has 0 radical (unpaired) electrons. The average molecular weight is 469 g/mol. The fraction of sp³-hybridized carbons (Fsp3) is 0.435. The highest BCUT2D eigenvalue weighted by molar-refractivity contribution is 6.30. The topological polar surface area (TPSA) is 53.0 Å². The van der Waals surface area contributed by atoms with Gasteiger partial charge in [0.25, 0.3) is 0 Å². The molecule has 0 saturated carbocycles. The molecule has 1 unspecified atom stereocenters. The third-order valence-electron chi connectivity index (χ3n) is 6.19. The number of carbonyl (C=O) groups excluding carboxylic acids is 1. The molecule has 172 valence electrons. The Morgan fingerprint density at radius 2 is 1.81 bits per heavy atom. The summed E-state index contributed by atoms with van der Waals surface area (Å²) in [5.74, 6) is 0. The monoisotopic (exact) mass is 468 g/mol. The summed E-state index contributed by atoms with van der Waals surface area (Å²) in [6.45, 7) is 2.22. The minimum absolute atomic E-state index is 0.248. The van der Waals surface area contributed by atoms with E-state index in [1.54, 1.807) is 35.2 Å². The highest BCUT2D eigenvalue weighted by Gasteiger charge is 2.38. The van der Waals surface area contributed by atoms with E-state index >= 15 is 0 Å². The Labute approximate surface area is 189 Å². The van der Waals surface area contributed by atoms with Gasteiger partial charge in [0.15, 0.2) is 0 Å². The Balaban J connectivity index is 1.29. The second-order valence-electron chi connectivity index (χ2n) is 8.33. The van der Waals surface area contributed by atoms with Crippen LogP contribution < -0.4 is 4.90 Å². The van der Waals surface area contributed by atoms with Gasteiger partial charge in [-0.3, -0.25) is 4.90 Å². The van der Waals surface area contributed by atoms with Crippen LogP contribution >= 0.6 is 11.6 Å². The largest absolute Gasteiger partial charge is 0.444 e. The Hall–Kier alpha value is -2.29. The van der Waals surface area contributed by atoms with Gasteiger partial charge in [-0.2, -0.15) is 13.2 Å². The number of aliphatic hydroxyl groups is 1. The van der Waals surface area contributed by atoms with Crippen molar-refractivity contribution in [1.82, 2.24) is 4.90 Å². The number of benzene rings is 2. The van der Waals surface area contributed by atoms with E-state index < -0.39 is 23.4 Å². The number of halogens is 4. The van der Waals surface area contributed by atoms with Crippen LogP contribution in [0, 0.1) is 0 Å². The number of likely N-dealkylation sites (tertiary alicyclic amines) is 1. The minimum atomic E-state index is -4.44. The molecule has 0 aromatic heterocycles. The maximum Gasteiger partial charge on any atom is 0.416 e. The van der Waals surface area contributed by atoms with Gasteiger partial charge in [0.1, 0.15) is 6.10 Å². The smallest absolute Gasteiger partial charge is 0.416 e. The van der Waals surface area contributed by atoms with Crippen LogP contribution in [-0.4, -0.2) is 48.4 Å². The van der Waals surface area contributed by atoms with Gasteiger partial charge >= 0.3 is 12.3 Å². The lowest BCUT2D eigenvalue weighted by Gasteiger charge is -2.39. The van der Waals surface area contributed by atoms with E-state index in [2.05, 4.69) is 4.90 Å². The van der Waals surface area contributed by atoms with Crippen molar-refractivity contribution < 1.29 is 27.8 Å². The summed E-state index contributed by atoms with van der Waals surface area (Å²) < 4.78 is 44.5. The average Bonchev–Trinajstić information content (AvgIpc) is 3.14. The van der Waals surface area contributed by atoms with E-state index in [1.807, 2.05) is 0 Å². The summed E-state index contributed by atoms with van der Waals surface area (Å²) in [5.41, 5.74) is -0.997. The molecule has 4 rings (SSSR count). The molecule has 2 saturated heterocycles. The fourth-order valence-electron chi connectivity index (χ4n) is 4.25. The number of ether oxygens (including phenoxy) is 1. The molecule has 2 fully saturated rings. The first-order valence-electron chi connectivity index (χ1n) is 10.5. The maximum absolute atomic E-state index is 13.0. The predicted octanol–water partition coefficient (Wildman–Crippen LogP) is 5.06. The zero-order chi connectivity index (χ0) is 22.9. The first-order valence-corrected chi connectivity index (χ1v) is 10.9. The quantitative estimate of drug-likeness (QED) is 0.666. The van der Waals surface area contributed by atoms with Crippen LogP contribution in [0.2, 0.25) is 5.02 Å². The number of nitrogens with zero attached hydrogens (tertiary/aromatic N) is 2. The van der Waals surface area contributed by atoms with E-state index in [9.17, 15) is 23.1 Å². The van der Waals surface area contributed by atoms with Gasteiger partial charge in [-0.1, -0.05) is 23.7 Å². The number of alkyl halides is 3. The van der Waals surface area contributed by atoms with E-state index in [0.29, 0.717) is 56.0 Å². The van der Waals surface area contributed by atoms with Gasteiger partial charge < -0.3 is 14.7 Å². The summed E-state index contributed by atoms with van der Waals surface area (Å²) in [4.78, 5) is 15.9. The van der Waals surface area contributed by atoms with Crippen molar-refractivity contribution in [3.63, 3.8) is 0 Å². The van der Waals surface area contributed by atoms with Crippen molar-refractivity contribution in [2.75, 3.05) is 31.1 Å². The molecule has 2 aromatic carbocycles. The Morgan fingerprint density at radius 1 is 1.12 bits per heavy atom. The lowest BCUT2D eigenvalue weighted by molar-refractivity contribution is -0.137. The third kappa shape index (κ3) is 5.03. The number of carbonyl (C=O) groups is 1. The van der Waals surface area contributed by atoms with Crippen LogP contribution in [0.15, 0.2) is 48.5 Å². The van der Waals surface area contributed by atoms with Crippen LogP contribution in [0.5, 0.6) is 0 Å². The number of piperidine rings is 1. The van der Waals surface area contributed by atoms with E-state index in [1.165, 1.54) is 6.07 Å². The minimum Gasteiger partial charge on any atom is -0.444 e. The highest BCUT2D eigenvalue weighted by atomic mass is 35.5. The Bertz CT molecular complexity index is 960. The molecule has 0 aliphatic carbocycles. The van der Waals surface area contributed by atoms with Crippen LogP contribution in [0.3, 0.4) is 0 Å². The zero-order valence-electron chi connectivity index (χ0n) is 17.3. The Morgan fingerprint density at radius 3 is 2.47 bits per heavy atom. The van der Waals surface area contributed by atoms with E-state index in [-0.39, 0.29) is 6.10 Å². The van der Waals surface area contributed by atoms with Gasteiger partial charge in [-0.15, -0.1) is 0 Å². The molecule has 5 nitrogen and oxygen atoms in total. The van der Waals surface area contributed by atoms with Crippen LogP contribution in [0.1, 0.15) is 30.4 Å². The number of amides is 1. The summed E-state index contributed by atoms with van der Waals surface area (Å²) >= 11 is 5.90. The number of anilines is 1. The van der Waals surface area contributed by atoms with Gasteiger partial charge in [0.2, 0.25) is 0 Å². The molecular weight excluding hydrogens is 445 g/mol. The number of rotatable bonds is 5. The lowest BCUT2D eigenvalue weighted by atomic mass is 9.83. The summed E-state index contributed by atoms with van der Waals surface area (Å²) in [5, 5.41) is 11.6. The number of hydrogen-bond donors (Lipinski definition) is 1. The number of hydrogen-bond acceptors (Lipinski definition) is 4. The zero-order valence-corrected chi connectivity index (χ0v) is 18.1. The molecule has 2 heterocycles. The van der Waals surface area contributed by atoms with E-state index in [0.717, 1.165) is 17.8 Å². The molecule has 9 heteroatoms. The second kappa shape index (κ2) is 8.92. The van der Waals surface area contributed by atoms with Gasteiger partial charge in [0, 0.05) is 30.3 Å². The van der Waals surface area contributed by atoms with Gasteiger partial charge in [0.05, 0.1) is 17.7 Å². The number of cyclic esters (lactones) is 1. The van der Waals surface area contributed by atoms with Crippen molar-refractivity contribution in [3.8, 4) is 0 Å². The first-order chi connectivity index (χ1) is 15.1. The summed E-state index contributed by atoms with van der Waals surface area (Å²) in [6.07, 6.45) is -3.76. The molecule has 1 atom stereocenters. The third-order valence-corrected chi connectivity index (χ3v) is 6.44. The summed E-state index contributed by atoms with van der Waals surface area (Å²) in [6, 6.07) is 11.9. The molecule has 1 amide bonds. The molecule has 0 bridgehead atoms. The molecule has 0 spiro atoms. The van der Waals surface area contributed by atoms with Crippen molar-refractivity contribution in [2.24, 2.45) is 0 Å². The van der Waals surface area contributed by atoms with Crippen LogP contribution in [0.4, 0.5) is 23.7 Å². The van der Waals surface area contributed by atoms with Crippen LogP contribution in [0.25, 0.3) is 0 Å². The van der Waals surface area contributed by atoms with Crippen molar-refractivity contribution in [3.05, 3.63) is 64.7 Å². The first kappa shape index (κ1) is 22.9. The molecule has 2 aliphatic rings. The Kier molecular flexibility index (Phi) is 6.38. The predicted molar refractivity (Wildman–Crippen MR) is 115 cm³/mol. The molecule has 2 aromatic rings. The highest BCUT2D eigenvalue weighted by Crippen LogP contribution is 2.37. The van der Waals surface area contributed by atoms with Gasteiger partial charge in [-0.05, 0) is 61.2 Å². The summed E-state index contributed by atoms with van der Waals surface area (Å²) in [7, 11) is 0. The van der Waals surface area contributed by atoms with Crippen molar-refractivity contribution in [1.29, 1.82) is 0 Å². The maximum atomic E-state index is 13.0. The molecule has 32 heavy (non-hydrogen) atoms.